The average Bonchev–Trinajstić information content (AvgIpc) is 2.61. The van der Waals surface area contributed by atoms with Crippen LogP contribution < -0.4 is 0 Å². The normalized spacial score (nSPS) is 19.1. The molecule has 0 spiro atoms. The molecule has 1 saturated heterocycles. The molecular weight excluding hydrogens is 232 g/mol. The molecule has 96 valence electrons. The minimum atomic E-state index is -1.28. The van der Waals surface area contributed by atoms with Crippen LogP contribution in [0.25, 0.3) is 0 Å². The molecule has 0 radical (unpaired) electrons. The van der Waals surface area contributed by atoms with E-state index in [9.17, 15) is 19.5 Å². The van der Waals surface area contributed by atoms with Gasteiger partial charge in [0.25, 0.3) is 0 Å². The van der Waals surface area contributed by atoms with Gasteiger partial charge < -0.3 is 25.1 Å². The van der Waals surface area contributed by atoms with Crippen LogP contribution in [0, 0.1) is 0 Å². The van der Waals surface area contributed by atoms with Gasteiger partial charge in [0.05, 0.1) is 6.10 Å². The molecule has 8 nitrogen and oxygen atoms in total. The van der Waals surface area contributed by atoms with Gasteiger partial charge in [0.1, 0.15) is 13.1 Å². The largest absolute Gasteiger partial charge is 0.480 e. The van der Waals surface area contributed by atoms with Gasteiger partial charge in [0, 0.05) is 13.1 Å². The molecule has 8 heteroatoms. The number of rotatable bonds is 4. The first-order valence-electron chi connectivity index (χ1n) is 5.05. The molecule has 1 aliphatic rings. The lowest BCUT2D eigenvalue weighted by molar-refractivity contribution is -0.140. The summed E-state index contributed by atoms with van der Waals surface area (Å²) >= 11 is 0. The molecule has 2 amide bonds. The number of carboxylic acids is 2. The molecule has 0 aromatic carbocycles. The van der Waals surface area contributed by atoms with Crippen LogP contribution in [-0.4, -0.2) is 75.4 Å². The highest BCUT2D eigenvalue weighted by Gasteiger charge is 2.30. The quantitative estimate of drug-likeness (QED) is 0.564. The summed E-state index contributed by atoms with van der Waals surface area (Å²) in [5, 5.41) is 26.4. The van der Waals surface area contributed by atoms with E-state index in [4.69, 9.17) is 10.2 Å². The van der Waals surface area contributed by atoms with Gasteiger partial charge in [-0.2, -0.15) is 0 Å². The van der Waals surface area contributed by atoms with E-state index >= 15 is 0 Å². The molecule has 0 aliphatic carbocycles. The Bertz CT molecular complexity index is 315. The van der Waals surface area contributed by atoms with Crippen LogP contribution in [0.1, 0.15) is 6.42 Å². The molecule has 1 unspecified atom stereocenters. The molecule has 1 aliphatic heterocycles. The van der Waals surface area contributed by atoms with Crippen molar-refractivity contribution < 1.29 is 29.7 Å². The standard InChI is InChI=1S/C9H14N2O6/c12-6-1-2-10(3-6)9(17)11(4-7(13)14)5-8(15)16/h6,12H,1-5H2,(H,13,14)(H,15,16). The van der Waals surface area contributed by atoms with Crippen molar-refractivity contribution >= 4 is 18.0 Å². The number of hydrogen-bond donors (Lipinski definition) is 3. The van der Waals surface area contributed by atoms with Crippen LogP contribution in [0.15, 0.2) is 0 Å². The van der Waals surface area contributed by atoms with E-state index in [0.717, 1.165) is 4.90 Å². The molecule has 1 atom stereocenters. The summed E-state index contributed by atoms with van der Waals surface area (Å²) in [4.78, 5) is 34.8. The third-order valence-corrected chi connectivity index (χ3v) is 2.36. The number of likely N-dealkylation sites (tertiary alicyclic amines) is 1. The van der Waals surface area contributed by atoms with Crippen molar-refractivity contribution in [2.24, 2.45) is 0 Å². The maximum absolute atomic E-state index is 11.8. The average molecular weight is 246 g/mol. The van der Waals surface area contributed by atoms with Gasteiger partial charge in [-0.3, -0.25) is 9.59 Å². The molecule has 17 heavy (non-hydrogen) atoms. The topological polar surface area (TPSA) is 118 Å². The predicted octanol–water partition coefficient (Wildman–Crippen LogP) is -1.36. The van der Waals surface area contributed by atoms with Gasteiger partial charge in [-0.15, -0.1) is 0 Å². The number of aliphatic hydroxyl groups is 1. The zero-order chi connectivity index (χ0) is 13.0. The lowest BCUT2D eigenvalue weighted by atomic mass is 10.3. The van der Waals surface area contributed by atoms with Crippen LogP contribution in [0.3, 0.4) is 0 Å². The Morgan fingerprint density at radius 2 is 1.71 bits per heavy atom. The summed E-state index contributed by atoms with van der Waals surface area (Å²) in [5.41, 5.74) is 0. The maximum atomic E-state index is 11.8. The molecule has 3 N–H and O–H groups in total. The Kier molecular flexibility index (Phi) is 4.27. The van der Waals surface area contributed by atoms with Gasteiger partial charge >= 0.3 is 18.0 Å². The molecular formula is C9H14N2O6. The van der Waals surface area contributed by atoms with Crippen molar-refractivity contribution in [3.63, 3.8) is 0 Å². The predicted molar refractivity (Wildman–Crippen MR) is 54.4 cm³/mol. The van der Waals surface area contributed by atoms with Gasteiger partial charge in [0.15, 0.2) is 0 Å². The first-order chi connectivity index (χ1) is 7.90. The van der Waals surface area contributed by atoms with Crippen LogP contribution in [0.2, 0.25) is 0 Å². The minimum absolute atomic E-state index is 0.106. The Morgan fingerprint density at radius 1 is 1.18 bits per heavy atom. The SMILES string of the molecule is O=C(O)CN(CC(=O)O)C(=O)N1CCC(O)C1. The van der Waals surface area contributed by atoms with E-state index in [0.29, 0.717) is 13.0 Å². The molecule has 0 aromatic rings. The number of nitrogens with zero attached hydrogens (tertiary/aromatic N) is 2. The summed E-state index contributed by atoms with van der Waals surface area (Å²) in [7, 11) is 0. The number of carbonyl (C=O) groups excluding carboxylic acids is 1. The zero-order valence-corrected chi connectivity index (χ0v) is 9.07. The highest BCUT2D eigenvalue weighted by Crippen LogP contribution is 2.11. The summed E-state index contributed by atoms with van der Waals surface area (Å²) in [6.07, 6.45) is -0.213. The van der Waals surface area contributed by atoms with E-state index in [2.05, 4.69) is 0 Å². The first kappa shape index (κ1) is 13.2. The fourth-order valence-corrected chi connectivity index (χ4v) is 1.63. The third-order valence-electron chi connectivity index (χ3n) is 2.36. The Morgan fingerprint density at radius 3 is 2.06 bits per heavy atom. The Balaban J connectivity index is 2.64. The van der Waals surface area contributed by atoms with Crippen molar-refractivity contribution in [1.29, 1.82) is 0 Å². The van der Waals surface area contributed by atoms with Crippen molar-refractivity contribution in [3.8, 4) is 0 Å². The lowest BCUT2D eigenvalue weighted by Gasteiger charge is -2.25. The summed E-state index contributed by atoms with van der Waals surface area (Å²) in [5.74, 6) is -2.56. The molecule has 1 fully saturated rings. The van der Waals surface area contributed by atoms with E-state index < -0.39 is 37.2 Å². The highest BCUT2D eigenvalue weighted by atomic mass is 16.4. The van der Waals surface area contributed by atoms with Crippen LogP contribution >= 0.6 is 0 Å². The number of carboxylic acid groups (broad SMARTS) is 2. The second-order valence-corrected chi connectivity index (χ2v) is 3.81. The van der Waals surface area contributed by atoms with E-state index in [1.165, 1.54) is 4.90 Å². The van der Waals surface area contributed by atoms with Crippen molar-refractivity contribution in [3.05, 3.63) is 0 Å². The van der Waals surface area contributed by atoms with Crippen molar-refractivity contribution in [2.75, 3.05) is 26.2 Å². The van der Waals surface area contributed by atoms with Gasteiger partial charge in [-0.05, 0) is 6.42 Å². The monoisotopic (exact) mass is 246 g/mol. The minimum Gasteiger partial charge on any atom is -0.480 e. The van der Waals surface area contributed by atoms with Gasteiger partial charge in [-0.1, -0.05) is 0 Å². The molecule has 1 rings (SSSR count). The third kappa shape index (κ3) is 3.91. The van der Waals surface area contributed by atoms with E-state index in [-0.39, 0.29) is 6.54 Å². The Labute approximate surface area is 97.0 Å². The Hall–Kier alpha value is -1.83. The fourth-order valence-electron chi connectivity index (χ4n) is 1.63. The summed E-state index contributed by atoms with van der Waals surface area (Å²) in [6, 6.07) is -0.675. The fraction of sp³-hybridized carbons (Fsp3) is 0.667. The second kappa shape index (κ2) is 5.48. The molecule has 0 bridgehead atoms. The van der Waals surface area contributed by atoms with Crippen LogP contribution in [0.5, 0.6) is 0 Å². The smallest absolute Gasteiger partial charge is 0.323 e. The van der Waals surface area contributed by atoms with Crippen LogP contribution in [-0.2, 0) is 9.59 Å². The zero-order valence-electron chi connectivity index (χ0n) is 9.07. The number of aliphatic carboxylic acids is 2. The van der Waals surface area contributed by atoms with E-state index in [1.54, 1.807) is 0 Å². The number of carbonyl (C=O) groups is 3. The molecule has 0 saturated carbocycles. The first-order valence-corrected chi connectivity index (χ1v) is 5.05. The summed E-state index contributed by atoms with van der Waals surface area (Å²) in [6.45, 7) is -0.931. The van der Waals surface area contributed by atoms with Gasteiger partial charge in [-0.25, -0.2) is 4.79 Å². The number of amides is 2. The number of urea groups is 1. The lowest BCUT2D eigenvalue weighted by Crippen LogP contribution is -2.46. The highest BCUT2D eigenvalue weighted by molar-refractivity contribution is 5.84. The second-order valence-electron chi connectivity index (χ2n) is 3.81. The van der Waals surface area contributed by atoms with Gasteiger partial charge in [0.2, 0.25) is 0 Å². The van der Waals surface area contributed by atoms with Crippen molar-refractivity contribution in [1.82, 2.24) is 9.80 Å². The number of hydrogen-bond acceptors (Lipinski definition) is 4. The van der Waals surface area contributed by atoms with E-state index in [1.807, 2.05) is 0 Å². The number of β-amino-alcohol motifs (C(OH)–C–C–N with tert-alkyl or cyclic N) is 1. The number of aliphatic hydroxyl groups excluding tert-OH is 1. The molecule has 0 aromatic heterocycles. The van der Waals surface area contributed by atoms with Crippen LogP contribution in [0.4, 0.5) is 4.79 Å². The van der Waals surface area contributed by atoms with Crippen molar-refractivity contribution in [2.45, 2.75) is 12.5 Å². The maximum Gasteiger partial charge on any atom is 0.323 e. The molecule has 1 heterocycles. The summed E-state index contributed by atoms with van der Waals surface area (Å²) < 4.78 is 0.